The highest BCUT2D eigenvalue weighted by molar-refractivity contribution is 14.0. The number of nitrogens with zero attached hydrogens (tertiary/aromatic N) is 5. The molecule has 0 amide bonds. The lowest BCUT2D eigenvalue weighted by Gasteiger charge is -2.13. The Balaban J connectivity index is 0.00000385. The van der Waals surface area contributed by atoms with Crippen LogP contribution in [0.4, 0.5) is 19.1 Å². The molecule has 0 saturated carbocycles. The highest BCUT2D eigenvalue weighted by atomic mass is 127. The largest absolute Gasteiger partial charge is 0.433 e. The first kappa shape index (κ1) is 26.4. The van der Waals surface area contributed by atoms with Crippen LogP contribution in [0.25, 0.3) is 0 Å². The Morgan fingerprint density at radius 2 is 1.82 bits per heavy atom. The van der Waals surface area contributed by atoms with Gasteiger partial charge >= 0.3 is 6.18 Å². The third-order valence-electron chi connectivity index (χ3n) is 4.41. The molecule has 1 aromatic carbocycles. The highest BCUT2D eigenvalue weighted by Crippen LogP contribution is 2.27. The topological polar surface area (TPSA) is 92.0 Å². The minimum Gasteiger partial charge on any atom is -0.357 e. The first-order chi connectivity index (χ1) is 15.5. The van der Waals surface area contributed by atoms with Crippen molar-refractivity contribution in [3.63, 3.8) is 0 Å². The second-order valence-corrected chi connectivity index (χ2v) is 6.78. The fourth-order valence-electron chi connectivity index (χ4n) is 2.90. The summed E-state index contributed by atoms with van der Waals surface area (Å²) < 4.78 is 40.1. The number of nitrogens with one attached hydrogen (secondary N) is 3. The van der Waals surface area contributed by atoms with Gasteiger partial charge in [0.15, 0.2) is 5.96 Å². The van der Waals surface area contributed by atoms with Gasteiger partial charge in [-0.15, -0.1) is 24.0 Å². The van der Waals surface area contributed by atoms with Crippen molar-refractivity contribution in [1.82, 2.24) is 30.4 Å². The van der Waals surface area contributed by atoms with Crippen LogP contribution in [0.1, 0.15) is 23.7 Å². The Morgan fingerprint density at radius 1 is 1.03 bits per heavy atom. The highest BCUT2D eigenvalue weighted by Gasteiger charge is 2.32. The van der Waals surface area contributed by atoms with E-state index in [0.29, 0.717) is 38.7 Å². The average molecular weight is 574 g/mol. The summed E-state index contributed by atoms with van der Waals surface area (Å²) in [6.45, 7) is 4.49. The van der Waals surface area contributed by atoms with Crippen molar-refractivity contribution >= 4 is 35.9 Å². The Labute approximate surface area is 207 Å². The number of halogens is 4. The van der Waals surface area contributed by atoms with Crippen LogP contribution in [-0.2, 0) is 19.3 Å². The van der Waals surface area contributed by atoms with Gasteiger partial charge in [0.1, 0.15) is 5.69 Å². The number of anilines is 1. The summed E-state index contributed by atoms with van der Waals surface area (Å²) in [7, 11) is 0. The maximum absolute atomic E-state index is 12.7. The molecule has 3 aromatic rings. The fourth-order valence-corrected chi connectivity index (χ4v) is 2.90. The number of aliphatic imine (C=N–C) groups is 1. The molecule has 0 aliphatic carbocycles. The van der Waals surface area contributed by atoms with Gasteiger partial charge in [-0.2, -0.15) is 18.3 Å². The predicted octanol–water partition coefficient (Wildman–Crippen LogP) is 3.53. The lowest BCUT2D eigenvalue weighted by molar-refractivity contribution is -0.141. The van der Waals surface area contributed by atoms with E-state index in [2.05, 4.69) is 36.0 Å². The molecule has 2 heterocycles. The van der Waals surface area contributed by atoms with Gasteiger partial charge in [0.05, 0.1) is 13.1 Å². The van der Waals surface area contributed by atoms with Crippen LogP contribution in [0.3, 0.4) is 0 Å². The molecule has 0 unspecified atom stereocenters. The van der Waals surface area contributed by atoms with Gasteiger partial charge < -0.3 is 16.0 Å². The van der Waals surface area contributed by atoms with E-state index in [0.717, 1.165) is 23.4 Å². The van der Waals surface area contributed by atoms with E-state index in [9.17, 15) is 13.2 Å². The lowest BCUT2D eigenvalue weighted by atomic mass is 10.1. The number of rotatable bonds is 9. The fraction of sp³-hybridized carbons (Fsp3) is 0.333. The normalized spacial score (nSPS) is 11.6. The van der Waals surface area contributed by atoms with Gasteiger partial charge in [0, 0.05) is 38.2 Å². The van der Waals surface area contributed by atoms with Crippen LogP contribution in [0.2, 0.25) is 0 Å². The number of guanidine groups is 1. The van der Waals surface area contributed by atoms with E-state index in [1.807, 2.05) is 48.1 Å². The molecule has 0 bridgehead atoms. The molecule has 0 saturated heterocycles. The van der Waals surface area contributed by atoms with Crippen molar-refractivity contribution < 1.29 is 13.2 Å². The van der Waals surface area contributed by atoms with Gasteiger partial charge in [0.25, 0.3) is 0 Å². The van der Waals surface area contributed by atoms with Crippen LogP contribution in [0.5, 0.6) is 0 Å². The Hall–Kier alpha value is -2.90. The van der Waals surface area contributed by atoms with E-state index < -0.39 is 11.9 Å². The van der Waals surface area contributed by atoms with Crippen LogP contribution < -0.4 is 16.0 Å². The van der Waals surface area contributed by atoms with E-state index in [1.165, 1.54) is 0 Å². The molecular formula is C21H26F3IN8. The van der Waals surface area contributed by atoms with Gasteiger partial charge in [-0.1, -0.05) is 24.3 Å². The number of hydrogen-bond donors (Lipinski definition) is 3. The molecule has 0 atom stereocenters. The Bertz CT molecular complexity index is 1010. The summed E-state index contributed by atoms with van der Waals surface area (Å²) in [6, 6.07) is 10.7. The van der Waals surface area contributed by atoms with Crippen LogP contribution in [-0.4, -0.2) is 45.3 Å². The van der Waals surface area contributed by atoms with Gasteiger partial charge in [-0.25, -0.2) is 15.0 Å². The first-order valence-corrected chi connectivity index (χ1v) is 10.2. The zero-order valence-corrected chi connectivity index (χ0v) is 20.3. The minimum atomic E-state index is -4.50. The molecule has 0 aliphatic rings. The maximum Gasteiger partial charge on any atom is 0.433 e. The summed E-state index contributed by atoms with van der Waals surface area (Å²) in [5.41, 5.74) is 1.22. The summed E-state index contributed by atoms with van der Waals surface area (Å²) in [4.78, 5) is 11.9. The monoisotopic (exact) mass is 574 g/mol. The zero-order chi connectivity index (χ0) is 22.8. The van der Waals surface area contributed by atoms with Crippen molar-refractivity contribution in [3.8, 4) is 0 Å². The Kier molecular flexibility index (Phi) is 10.4. The van der Waals surface area contributed by atoms with Crippen molar-refractivity contribution in [2.24, 2.45) is 4.99 Å². The molecule has 178 valence electrons. The lowest BCUT2D eigenvalue weighted by Crippen LogP contribution is -2.39. The van der Waals surface area contributed by atoms with Crippen LogP contribution in [0, 0.1) is 0 Å². The predicted molar refractivity (Wildman–Crippen MR) is 132 cm³/mol. The van der Waals surface area contributed by atoms with Gasteiger partial charge in [-0.05, 0) is 30.2 Å². The summed E-state index contributed by atoms with van der Waals surface area (Å²) in [5.74, 6) is 0.532. The number of aromatic nitrogens is 4. The van der Waals surface area contributed by atoms with Crippen molar-refractivity contribution in [2.75, 3.05) is 25.0 Å². The average Bonchev–Trinajstić information content (AvgIpc) is 3.28. The zero-order valence-electron chi connectivity index (χ0n) is 18.0. The molecule has 0 fully saturated rings. The standard InChI is InChI=1S/C21H25F3N8.HI/c1-2-25-19(27-11-12-28-20-26-10-8-18(31-20)21(22,23)24)29-14-16-6-3-4-7-17(16)15-32-13-5-9-30-32;/h3-10,13H,2,11-12,14-15H2,1H3,(H2,25,27,29)(H,26,28,31);1H. The van der Waals surface area contributed by atoms with E-state index >= 15 is 0 Å². The molecule has 33 heavy (non-hydrogen) atoms. The number of alkyl halides is 3. The summed E-state index contributed by atoms with van der Waals surface area (Å²) in [6.07, 6.45) is 0.229. The molecule has 0 aliphatic heterocycles. The van der Waals surface area contributed by atoms with E-state index in [-0.39, 0.29) is 29.9 Å². The van der Waals surface area contributed by atoms with Crippen LogP contribution in [0.15, 0.2) is 60.0 Å². The Morgan fingerprint density at radius 3 is 2.52 bits per heavy atom. The van der Waals surface area contributed by atoms with Crippen molar-refractivity contribution in [2.45, 2.75) is 26.2 Å². The molecule has 0 spiro atoms. The van der Waals surface area contributed by atoms with Crippen molar-refractivity contribution in [3.05, 3.63) is 71.8 Å². The summed E-state index contributed by atoms with van der Waals surface area (Å²) >= 11 is 0. The second kappa shape index (κ2) is 13.0. The molecule has 2 aromatic heterocycles. The molecule has 12 heteroatoms. The maximum atomic E-state index is 12.7. The van der Waals surface area contributed by atoms with Crippen molar-refractivity contribution in [1.29, 1.82) is 0 Å². The smallest absolute Gasteiger partial charge is 0.357 e. The molecule has 0 radical (unpaired) electrons. The van der Waals surface area contributed by atoms with Gasteiger partial charge in [-0.3, -0.25) is 4.68 Å². The quantitative estimate of drug-likeness (QED) is 0.157. The molecular weight excluding hydrogens is 548 g/mol. The number of hydrogen-bond acceptors (Lipinski definition) is 5. The third-order valence-corrected chi connectivity index (χ3v) is 4.41. The molecule has 3 rings (SSSR count). The summed E-state index contributed by atoms with van der Waals surface area (Å²) in [5, 5.41) is 13.3. The first-order valence-electron chi connectivity index (χ1n) is 10.2. The van der Waals surface area contributed by atoms with E-state index in [4.69, 9.17) is 0 Å². The van der Waals surface area contributed by atoms with E-state index in [1.54, 1.807) is 6.20 Å². The SMILES string of the molecule is CCNC(=NCc1ccccc1Cn1cccn1)NCCNc1nccc(C(F)(F)F)n1.I. The van der Waals surface area contributed by atoms with Crippen LogP contribution >= 0.6 is 24.0 Å². The second-order valence-electron chi connectivity index (χ2n) is 6.78. The molecule has 8 nitrogen and oxygen atoms in total. The van der Waals surface area contributed by atoms with Gasteiger partial charge in [0.2, 0.25) is 5.95 Å². The third kappa shape index (κ3) is 8.51. The molecule has 3 N–H and O–H groups in total. The number of benzene rings is 1. The minimum absolute atomic E-state index is 0.